The number of carbonyl (C=O) groups is 1. The van der Waals surface area contributed by atoms with Gasteiger partial charge in [-0.15, -0.1) is 11.3 Å². The maximum Gasteiger partial charge on any atom is 0.256 e. The van der Waals surface area contributed by atoms with Gasteiger partial charge in [0.15, 0.2) is 5.65 Å². The molecule has 6 heteroatoms. The Bertz CT molecular complexity index is 1140. The number of aromatic nitrogens is 3. The summed E-state index contributed by atoms with van der Waals surface area (Å²) in [5.74, 6) is -0.124. The van der Waals surface area contributed by atoms with Crippen molar-refractivity contribution in [3.05, 3.63) is 64.7 Å². The van der Waals surface area contributed by atoms with Crippen LogP contribution >= 0.6 is 11.3 Å². The van der Waals surface area contributed by atoms with Crippen molar-refractivity contribution >= 4 is 34.0 Å². The number of benzene rings is 1. The molecule has 0 spiro atoms. The number of hydrogen-bond donors (Lipinski definition) is 1. The van der Waals surface area contributed by atoms with Crippen molar-refractivity contribution in [1.82, 2.24) is 14.8 Å². The summed E-state index contributed by atoms with van der Waals surface area (Å²) in [6, 6.07) is 12.1. The number of rotatable bonds is 6. The largest absolute Gasteiger partial charge is 0.321 e. The molecule has 0 bridgehead atoms. The maximum atomic E-state index is 13.4. The van der Waals surface area contributed by atoms with E-state index >= 15 is 0 Å². The molecule has 0 aliphatic rings. The van der Waals surface area contributed by atoms with Crippen LogP contribution < -0.4 is 5.32 Å². The summed E-state index contributed by atoms with van der Waals surface area (Å²) in [4.78, 5) is 19.2. The van der Waals surface area contributed by atoms with E-state index in [1.54, 1.807) is 17.5 Å². The van der Waals surface area contributed by atoms with Gasteiger partial charge >= 0.3 is 0 Å². The molecule has 3 heterocycles. The van der Waals surface area contributed by atoms with Crippen LogP contribution in [0.1, 0.15) is 42.3 Å². The minimum absolute atomic E-state index is 0.124. The van der Waals surface area contributed by atoms with Crippen LogP contribution in [0.2, 0.25) is 0 Å². The second kappa shape index (κ2) is 8.17. The number of amides is 1. The van der Waals surface area contributed by atoms with E-state index in [2.05, 4.69) is 42.5 Å². The molecule has 0 fully saturated rings. The summed E-state index contributed by atoms with van der Waals surface area (Å²) >= 11 is 1.61. The average molecular weight is 405 g/mol. The van der Waals surface area contributed by atoms with Gasteiger partial charge in [-0.2, -0.15) is 5.10 Å². The zero-order valence-corrected chi connectivity index (χ0v) is 17.7. The second-order valence-electron chi connectivity index (χ2n) is 6.84. The van der Waals surface area contributed by atoms with Gasteiger partial charge in [-0.3, -0.25) is 4.79 Å². The lowest BCUT2D eigenvalue weighted by atomic mass is 10.0. The summed E-state index contributed by atoms with van der Waals surface area (Å²) in [6.45, 7) is 6.94. The molecule has 4 aromatic rings. The fourth-order valence-electron chi connectivity index (χ4n) is 3.60. The summed E-state index contributed by atoms with van der Waals surface area (Å²) in [7, 11) is 0. The Morgan fingerprint density at radius 2 is 1.86 bits per heavy atom. The normalized spacial score (nSPS) is 11.1. The third-order valence-electron chi connectivity index (χ3n) is 5.16. The van der Waals surface area contributed by atoms with Crippen molar-refractivity contribution in [3.8, 4) is 10.6 Å². The molecule has 1 aromatic carbocycles. The third-order valence-corrected chi connectivity index (χ3v) is 6.06. The quantitative estimate of drug-likeness (QED) is 0.458. The summed E-state index contributed by atoms with van der Waals surface area (Å²) in [5, 5.41) is 10.4. The van der Waals surface area contributed by atoms with Gasteiger partial charge in [-0.25, -0.2) is 9.67 Å². The van der Waals surface area contributed by atoms with Gasteiger partial charge in [0.25, 0.3) is 5.91 Å². The lowest BCUT2D eigenvalue weighted by Crippen LogP contribution is -2.16. The van der Waals surface area contributed by atoms with Crippen molar-refractivity contribution in [2.45, 2.75) is 40.2 Å². The van der Waals surface area contributed by atoms with E-state index in [1.165, 1.54) is 0 Å². The van der Waals surface area contributed by atoms with Crippen molar-refractivity contribution in [1.29, 1.82) is 0 Å². The number of hydrogen-bond acceptors (Lipinski definition) is 4. The summed E-state index contributed by atoms with van der Waals surface area (Å²) in [6.07, 6.45) is 3.47. The van der Waals surface area contributed by atoms with Gasteiger partial charge in [-0.05, 0) is 48.4 Å². The second-order valence-corrected chi connectivity index (χ2v) is 7.79. The van der Waals surface area contributed by atoms with Crippen LogP contribution in [0.25, 0.3) is 21.6 Å². The van der Waals surface area contributed by atoms with E-state index in [0.717, 1.165) is 51.3 Å². The van der Waals surface area contributed by atoms with Gasteiger partial charge in [0.1, 0.15) is 0 Å². The molecule has 0 unspecified atom stereocenters. The zero-order valence-electron chi connectivity index (χ0n) is 16.9. The van der Waals surface area contributed by atoms with Gasteiger partial charge < -0.3 is 5.32 Å². The Balaban J connectivity index is 1.83. The first-order valence-electron chi connectivity index (χ1n) is 9.98. The highest BCUT2D eigenvalue weighted by Gasteiger charge is 2.19. The lowest BCUT2D eigenvalue weighted by Gasteiger charge is -2.15. The molecule has 3 aromatic heterocycles. The fourth-order valence-corrected chi connectivity index (χ4v) is 4.29. The molecule has 148 valence electrons. The molecule has 0 atom stereocenters. The molecule has 1 N–H and O–H groups in total. The van der Waals surface area contributed by atoms with Crippen LogP contribution in [-0.4, -0.2) is 20.7 Å². The molecular formula is C23H24N4OS. The van der Waals surface area contributed by atoms with Crippen LogP contribution in [0.15, 0.2) is 48.0 Å². The number of nitrogens with zero attached hydrogens (tertiary/aromatic N) is 3. The van der Waals surface area contributed by atoms with E-state index in [4.69, 9.17) is 4.98 Å². The lowest BCUT2D eigenvalue weighted by molar-refractivity contribution is 0.102. The van der Waals surface area contributed by atoms with Crippen LogP contribution in [0.4, 0.5) is 5.69 Å². The fraction of sp³-hybridized carbons (Fsp3) is 0.261. The minimum atomic E-state index is -0.124. The van der Waals surface area contributed by atoms with Crippen molar-refractivity contribution in [3.63, 3.8) is 0 Å². The highest BCUT2D eigenvalue weighted by molar-refractivity contribution is 7.13. The van der Waals surface area contributed by atoms with Gasteiger partial charge in [0.05, 0.1) is 27.7 Å². The SMILES string of the molecule is CCc1cccc(CC)c1NC(=O)c1cc(-c2cccs2)nc2c1cnn2CC. The molecule has 5 nitrogen and oxygen atoms in total. The standard InChI is InChI=1S/C23H24N4OS/c1-4-15-9-7-10-16(5-2)21(15)26-23(28)17-13-19(20-11-8-12-29-20)25-22-18(17)14-24-27(22)6-3/h7-14H,4-6H2,1-3H3,(H,26,28). The highest BCUT2D eigenvalue weighted by atomic mass is 32.1. The predicted molar refractivity (Wildman–Crippen MR) is 120 cm³/mol. The molecule has 1 amide bonds. The number of fused-ring (bicyclic) bond motifs is 1. The smallest absolute Gasteiger partial charge is 0.256 e. The highest BCUT2D eigenvalue weighted by Crippen LogP contribution is 2.29. The summed E-state index contributed by atoms with van der Waals surface area (Å²) in [5.41, 5.74) is 5.35. The monoisotopic (exact) mass is 404 g/mol. The van der Waals surface area contributed by atoms with E-state index in [0.29, 0.717) is 12.1 Å². The van der Waals surface area contributed by atoms with Gasteiger partial charge in [0.2, 0.25) is 0 Å². The first kappa shape index (κ1) is 19.3. The molecule has 0 radical (unpaired) electrons. The topological polar surface area (TPSA) is 59.8 Å². The number of aryl methyl sites for hydroxylation is 3. The molecule has 0 aliphatic heterocycles. The Kier molecular flexibility index (Phi) is 5.45. The Labute approximate surface area is 174 Å². The molecule has 4 rings (SSSR count). The third kappa shape index (κ3) is 3.56. The Morgan fingerprint density at radius 3 is 2.48 bits per heavy atom. The average Bonchev–Trinajstić information content (AvgIpc) is 3.42. The zero-order chi connectivity index (χ0) is 20.4. The van der Waals surface area contributed by atoms with E-state index in [-0.39, 0.29) is 5.91 Å². The molecular weight excluding hydrogens is 380 g/mol. The van der Waals surface area contributed by atoms with Gasteiger partial charge in [0, 0.05) is 12.2 Å². The first-order valence-corrected chi connectivity index (χ1v) is 10.9. The number of pyridine rings is 1. The van der Waals surface area contributed by atoms with Crippen molar-refractivity contribution in [2.24, 2.45) is 0 Å². The number of carbonyl (C=O) groups excluding carboxylic acids is 1. The van der Waals surface area contributed by atoms with Gasteiger partial charge in [-0.1, -0.05) is 38.1 Å². The van der Waals surface area contributed by atoms with Crippen LogP contribution in [0, 0.1) is 0 Å². The first-order chi connectivity index (χ1) is 14.2. The number of nitrogens with one attached hydrogen (secondary N) is 1. The van der Waals surface area contributed by atoms with Crippen LogP contribution in [0.3, 0.4) is 0 Å². The van der Waals surface area contributed by atoms with E-state index in [1.807, 2.05) is 35.2 Å². The Hall–Kier alpha value is -2.99. The van der Waals surface area contributed by atoms with Crippen LogP contribution in [0.5, 0.6) is 0 Å². The Morgan fingerprint density at radius 1 is 1.10 bits per heavy atom. The molecule has 0 saturated carbocycles. The number of thiophene rings is 1. The van der Waals surface area contributed by atoms with Crippen molar-refractivity contribution in [2.75, 3.05) is 5.32 Å². The maximum absolute atomic E-state index is 13.4. The number of anilines is 1. The van der Waals surface area contributed by atoms with Crippen molar-refractivity contribution < 1.29 is 4.79 Å². The minimum Gasteiger partial charge on any atom is -0.321 e. The van der Waals surface area contributed by atoms with E-state index in [9.17, 15) is 4.79 Å². The predicted octanol–water partition coefficient (Wildman–Crippen LogP) is 5.56. The number of para-hydroxylation sites is 1. The van der Waals surface area contributed by atoms with Crippen LogP contribution in [-0.2, 0) is 19.4 Å². The molecule has 0 saturated heterocycles. The molecule has 0 aliphatic carbocycles. The summed E-state index contributed by atoms with van der Waals surface area (Å²) < 4.78 is 1.83. The van der Waals surface area contributed by atoms with E-state index < -0.39 is 0 Å². The molecule has 29 heavy (non-hydrogen) atoms.